The van der Waals surface area contributed by atoms with Gasteiger partial charge < -0.3 is 0 Å². The Labute approximate surface area is 118 Å². The lowest BCUT2D eigenvalue weighted by molar-refractivity contribution is 0.436. The number of benzene rings is 1. The highest BCUT2D eigenvalue weighted by atomic mass is 35.5. The lowest BCUT2D eigenvalue weighted by Crippen LogP contribution is -2.32. The normalized spacial score (nSPS) is 18.6. The van der Waals surface area contributed by atoms with Crippen LogP contribution in [0.4, 0.5) is 4.39 Å². The van der Waals surface area contributed by atoms with E-state index in [9.17, 15) is 9.65 Å². The third kappa shape index (κ3) is 3.92. The molecule has 1 fully saturated rings. The summed E-state index contributed by atoms with van der Waals surface area (Å²) in [5.41, 5.74) is 0.662. The van der Waals surface area contributed by atoms with Gasteiger partial charge in [0, 0.05) is 16.6 Å². The number of halogens is 2. The fourth-order valence-corrected chi connectivity index (χ4v) is 2.89. The van der Waals surface area contributed by atoms with Crippen LogP contribution in [-0.2, 0) is 0 Å². The fraction of sp³-hybridized carbons (Fsp3) is 0.533. The second-order valence-electron chi connectivity index (χ2n) is 5.08. The molecule has 0 amide bonds. The summed E-state index contributed by atoms with van der Waals surface area (Å²) >= 11 is 6.02. The minimum Gasteiger partial charge on any atom is -0.295 e. The molecule has 0 spiro atoms. The van der Waals surface area contributed by atoms with E-state index in [2.05, 4.69) is 11.4 Å². The Kier molecular flexibility index (Phi) is 5.18. The van der Waals surface area contributed by atoms with Gasteiger partial charge in [0.05, 0.1) is 6.07 Å². The van der Waals surface area contributed by atoms with Crippen molar-refractivity contribution >= 4 is 11.6 Å². The molecular formula is C15H18ClFN2. The topological polar surface area (TPSA) is 35.8 Å². The molecule has 102 valence electrons. The number of hydrogen-bond donors (Lipinski definition) is 1. The van der Waals surface area contributed by atoms with Gasteiger partial charge in [0.2, 0.25) is 0 Å². The van der Waals surface area contributed by atoms with E-state index in [-0.39, 0.29) is 5.82 Å². The van der Waals surface area contributed by atoms with Gasteiger partial charge in [-0.2, -0.15) is 5.26 Å². The molecule has 1 aliphatic rings. The molecule has 0 aliphatic heterocycles. The first kappa shape index (κ1) is 14.3. The van der Waals surface area contributed by atoms with Crippen molar-refractivity contribution in [2.75, 3.05) is 0 Å². The lowest BCUT2D eigenvalue weighted by Gasteiger charge is -2.21. The summed E-state index contributed by atoms with van der Waals surface area (Å²) in [5, 5.41) is 13.0. The average molecular weight is 281 g/mol. The van der Waals surface area contributed by atoms with Crippen LogP contribution >= 0.6 is 11.6 Å². The molecule has 0 heterocycles. The van der Waals surface area contributed by atoms with Crippen LogP contribution in [0.2, 0.25) is 5.02 Å². The first-order valence-electron chi connectivity index (χ1n) is 6.81. The highest BCUT2D eigenvalue weighted by Crippen LogP contribution is 2.26. The summed E-state index contributed by atoms with van der Waals surface area (Å²) < 4.78 is 13.0. The zero-order chi connectivity index (χ0) is 13.7. The molecule has 1 aliphatic carbocycles. The van der Waals surface area contributed by atoms with Crippen molar-refractivity contribution < 1.29 is 4.39 Å². The maximum atomic E-state index is 13.0. The van der Waals surface area contributed by atoms with Gasteiger partial charge in [0.1, 0.15) is 11.9 Å². The van der Waals surface area contributed by atoms with Gasteiger partial charge in [0.15, 0.2) is 0 Å². The molecule has 1 unspecified atom stereocenters. The van der Waals surface area contributed by atoms with E-state index < -0.39 is 6.04 Å². The Morgan fingerprint density at radius 1 is 1.26 bits per heavy atom. The number of nitriles is 1. The van der Waals surface area contributed by atoms with Crippen molar-refractivity contribution in [2.24, 2.45) is 0 Å². The van der Waals surface area contributed by atoms with Crippen molar-refractivity contribution in [3.05, 3.63) is 34.6 Å². The minimum absolute atomic E-state index is 0.313. The Morgan fingerprint density at radius 3 is 2.53 bits per heavy atom. The van der Waals surface area contributed by atoms with E-state index >= 15 is 0 Å². The maximum absolute atomic E-state index is 13.0. The molecule has 1 aromatic rings. The summed E-state index contributed by atoms with van der Waals surface area (Å²) in [5.74, 6) is -0.375. The Hall–Kier alpha value is -1.11. The molecule has 1 atom stereocenters. The smallest absolute Gasteiger partial charge is 0.124 e. The summed E-state index contributed by atoms with van der Waals surface area (Å²) in [7, 11) is 0. The second-order valence-corrected chi connectivity index (χ2v) is 5.49. The zero-order valence-electron chi connectivity index (χ0n) is 10.8. The zero-order valence-corrected chi connectivity index (χ0v) is 11.6. The van der Waals surface area contributed by atoms with Crippen molar-refractivity contribution in [3.63, 3.8) is 0 Å². The first-order chi connectivity index (χ1) is 9.20. The van der Waals surface area contributed by atoms with Crippen molar-refractivity contribution in [3.8, 4) is 6.07 Å². The SMILES string of the molecule is N#CC(NC1CCCCCC1)c1ccc(F)cc1Cl. The van der Waals surface area contributed by atoms with E-state index in [0.29, 0.717) is 16.6 Å². The van der Waals surface area contributed by atoms with Crippen molar-refractivity contribution in [1.82, 2.24) is 5.32 Å². The molecule has 2 nitrogen and oxygen atoms in total. The number of rotatable bonds is 3. The molecule has 19 heavy (non-hydrogen) atoms. The minimum atomic E-state index is -0.462. The molecule has 0 saturated heterocycles. The molecule has 2 rings (SSSR count). The summed E-state index contributed by atoms with van der Waals surface area (Å²) in [6.45, 7) is 0. The van der Waals surface area contributed by atoms with Crippen LogP contribution in [-0.4, -0.2) is 6.04 Å². The van der Waals surface area contributed by atoms with Gasteiger partial charge in [-0.05, 0) is 25.0 Å². The average Bonchev–Trinajstić information content (AvgIpc) is 2.65. The van der Waals surface area contributed by atoms with Crippen LogP contribution in [0.15, 0.2) is 18.2 Å². The van der Waals surface area contributed by atoms with E-state index in [0.717, 1.165) is 12.8 Å². The monoisotopic (exact) mass is 280 g/mol. The Bertz CT molecular complexity index is 462. The Balaban J connectivity index is 2.09. The van der Waals surface area contributed by atoms with Gasteiger partial charge >= 0.3 is 0 Å². The molecular weight excluding hydrogens is 263 g/mol. The summed E-state index contributed by atoms with van der Waals surface area (Å²) in [4.78, 5) is 0. The van der Waals surface area contributed by atoms with Crippen LogP contribution < -0.4 is 5.32 Å². The van der Waals surface area contributed by atoms with Crippen LogP contribution in [0.1, 0.15) is 50.1 Å². The van der Waals surface area contributed by atoms with Crippen molar-refractivity contribution in [1.29, 1.82) is 5.26 Å². The van der Waals surface area contributed by atoms with E-state index in [4.69, 9.17) is 11.6 Å². The predicted octanol–water partition coefficient (Wildman–Crippen LogP) is 4.36. The fourth-order valence-electron chi connectivity index (χ4n) is 2.61. The quantitative estimate of drug-likeness (QED) is 0.835. The van der Waals surface area contributed by atoms with Crippen LogP contribution in [0.3, 0.4) is 0 Å². The number of nitrogens with one attached hydrogen (secondary N) is 1. The molecule has 0 radical (unpaired) electrons. The molecule has 1 N–H and O–H groups in total. The van der Waals surface area contributed by atoms with Crippen LogP contribution in [0.25, 0.3) is 0 Å². The highest BCUT2D eigenvalue weighted by molar-refractivity contribution is 6.31. The van der Waals surface area contributed by atoms with Gasteiger partial charge in [-0.1, -0.05) is 43.4 Å². The Morgan fingerprint density at radius 2 is 1.95 bits per heavy atom. The number of hydrogen-bond acceptors (Lipinski definition) is 2. The summed E-state index contributed by atoms with van der Waals surface area (Å²) in [6, 6.07) is 6.32. The van der Waals surface area contributed by atoms with Crippen LogP contribution in [0, 0.1) is 17.1 Å². The molecule has 0 bridgehead atoms. The highest BCUT2D eigenvalue weighted by Gasteiger charge is 2.20. The molecule has 0 aromatic heterocycles. The second kappa shape index (κ2) is 6.88. The van der Waals surface area contributed by atoms with Gasteiger partial charge in [-0.15, -0.1) is 0 Å². The third-order valence-corrected chi connectivity index (χ3v) is 3.99. The summed E-state index contributed by atoms with van der Waals surface area (Å²) in [6.07, 6.45) is 7.13. The largest absolute Gasteiger partial charge is 0.295 e. The molecule has 1 saturated carbocycles. The molecule has 1 aromatic carbocycles. The first-order valence-corrected chi connectivity index (χ1v) is 7.19. The maximum Gasteiger partial charge on any atom is 0.124 e. The van der Waals surface area contributed by atoms with Gasteiger partial charge in [0.25, 0.3) is 0 Å². The van der Waals surface area contributed by atoms with Gasteiger partial charge in [-0.25, -0.2) is 4.39 Å². The van der Waals surface area contributed by atoms with E-state index in [1.54, 1.807) is 6.07 Å². The third-order valence-electron chi connectivity index (χ3n) is 3.66. The standard InChI is InChI=1S/C15H18ClFN2/c16-14-9-11(17)7-8-13(14)15(10-18)19-12-5-3-1-2-4-6-12/h7-9,12,15,19H,1-6H2. The van der Waals surface area contributed by atoms with Crippen molar-refractivity contribution in [2.45, 2.75) is 50.6 Å². The predicted molar refractivity (Wildman–Crippen MR) is 74.4 cm³/mol. The van der Waals surface area contributed by atoms with E-state index in [1.165, 1.54) is 37.8 Å². The van der Waals surface area contributed by atoms with Crippen LogP contribution in [0.5, 0.6) is 0 Å². The van der Waals surface area contributed by atoms with Gasteiger partial charge in [-0.3, -0.25) is 5.32 Å². The lowest BCUT2D eigenvalue weighted by atomic mass is 10.0. The van der Waals surface area contributed by atoms with E-state index in [1.807, 2.05) is 0 Å². The number of nitrogens with zero attached hydrogens (tertiary/aromatic N) is 1. The molecule has 4 heteroatoms.